The van der Waals surface area contributed by atoms with Gasteiger partial charge in [0.2, 0.25) is 5.91 Å². The molecule has 2 heteroatoms. The van der Waals surface area contributed by atoms with E-state index in [0.717, 1.165) is 12.8 Å². The van der Waals surface area contributed by atoms with Gasteiger partial charge in [0, 0.05) is 6.42 Å². The van der Waals surface area contributed by atoms with Crippen molar-refractivity contribution >= 4 is 5.91 Å². The SMILES string of the molecule is CCCCCCCCCCCCCCCC=CCCCCCCCCCCCCC(N)=O. The van der Waals surface area contributed by atoms with E-state index in [1.165, 1.54) is 148 Å². The minimum atomic E-state index is -0.153. The van der Waals surface area contributed by atoms with Gasteiger partial charge < -0.3 is 5.73 Å². The fraction of sp³-hybridized carbons (Fsp3) is 0.900. The van der Waals surface area contributed by atoms with Crippen LogP contribution in [0.1, 0.15) is 174 Å². The Morgan fingerprint density at radius 3 is 1.06 bits per heavy atom. The molecular weight excluding hydrogens is 390 g/mol. The summed E-state index contributed by atoms with van der Waals surface area (Å²) < 4.78 is 0. The molecule has 0 aliphatic carbocycles. The molecule has 0 aromatic heterocycles. The number of hydrogen-bond acceptors (Lipinski definition) is 1. The molecule has 0 saturated carbocycles. The topological polar surface area (TPSA) is 43.1 Å². The fourth-order valence-corrected chi connectivity index (χ4v) is 4.49. The minimum Gasteiger partial charge on any atom is -0.370 e. The molecule has 0 bridgehead atoms. The van der Waals surface area contributed by atoms with Gasteiger partial charge in [0.15, 0.2) is 0 Å². The zero-order chi connectivity index (χ0) is 23.4. The summed E-state index contributed by atoms with van der Waals surface area (Å²) in [6.45, 7) is 2.29. The van der Waals surface area contributed by atoms with Gasteiger partial charge in [0.05, 0.1) is 0 Å². The highest BCUT2D eigenvalue weighted by Gasteiger charge is 1.96. The average Bonchev–Trinajstić information content (AvgIpc) is 2.78. The highest BCUT2D eigenvalue weighted by atomic mass is 16.1. The highest BCUT2D eigenvalue weighted by Crippen LogP contribution is 2.14. The molecule has 190 valence electrons. The molecular formula is C30H59NO. The third-order valence-corrected chi connectivity index (χ3v) is 6.68. The third-order valence-electron chi connectivity index (χ3n) is 6.68. The number of hydrogen-bond donors (Lipinski definition) is 1. The Morgan fingerprint density at radius 2 is 0.750 bits per heavy atom. The molecule has 2 nitrogen and oxygen atoms in total. The van der Waals surface area contributed by atoms with Gasteiger partial charge in [-0.2, -0.15) is 0 Å². The second kappa shape index (κ2) is 28.2. The highest BCUT2D eigenvalue weighted by molar-refractivity contribution is 5.73. The van der Waals surface area contributed by atoms with Crippen LogP contribution in [-0.2, 0) is 4.79 Å². The van der Waals surface area contributed by atoms with Gasteiger partial charge in [-0.3, -0.25) is 4.79 Å². The molecule has 1 amide bonds. The predicted molar refractivity (Wildman–Crippen MR) is 144 cm³/mol. The third kappa shape index (κ3) is 29.2. The lowest BCUT2D eigenvalue weighted by Crippen LogP contribution is -2.09. The molecule has 0 saturated heterocycles. The molecule has 2 N–H and O–H groups in total. The van der Waals surface area contributed by atoms with E-state index in [0.29, 0.717) is 6.42 Å². The Hall–Kier alpha value is -0.790. The van der Waals surface area contributed by atoms with Crippen LogP contribution in [0.15, 0.2) is 12.2 Å². The van der Waals surface area contributed by atoms with Gasteiger partial charge in [0.25, 0.3) is 0 Å². The lowest BCUT2D eigenvalue weighted by atomic mass is 10.0. The Bertz CT molecular complexity index is 390. The molecule has 0 rings (SSSR count). The summed E-state index contributed by atoms with van der Waals surface area (Å²) in [5.74, 6) is -0.153. The van der Waals surface area contributed by atoms with E-state index in [-0.39, 0.29) is 5.91 Å². The predicted octanol–water partition coefficient (Wildman–Crippen LogP) is 10.2. The Labute approximate surface area is 202 Å². The minimum absolute atomic E-state index is 0.153. The Kier molecular flexibility index (Phi) is 27.5. The maximum Gasteiger partial charge on any atom is 0.217 e. The molecule has 0 aromatic carbocycles. The molecule has 0 unspecified atom stereocenters. The monoisotopic (exact) mass is 449 g/mol. The zero-order valence-corrected chi connectivity index (χ0v) is 22.0. The van der Waals surface area contributed by atoms with Gasteiger partial charge >= 0.3 is 0 Å². The first-order valence-electron chi connectivity index (χ1n) is 14.7. The van der Waals surface area contributed by atoms with Crippen molar-refractivity contribution in [3.05, 3.63) is 12.2 Å². The zero-order valence-electron chi connectivity index (χ0n) is 22.0. The number of primary amides is 1. The van der Waals surface area contributed by atoms with Crippen molar-refractivity contribution < 1.29 is 4.79 Å². The molecule has 32 heavy (non-hydrogen) atoms. The largest absolute Gasteiger partial charge is 0.370 e. The van der Waals surface area contributed by atoms with Gasteiger partial charge in [-0.1, -0.05) is 147 Å². The van der Waals surface area contributed by atoms with Gasteiger partial charge in [-0.05, 0) is 32.1 Å². The molecule has 0 fully saturated rings. The van der Waals surface area contributed by atoms with Crippen molar-refractivity contribution in [2.45, 2.75) is 174 Å². The molecule has 0 radical (unpaired) electrons. The number of unbranched alkanes of at least 4 members (excludes halogenated alkanes) is 23. The molecule has 0 aromatic rings. The summed E-state index contributed by atoms with van der Waals surface area (Å²) in [5, 5.41) is 0. The lowest BCUT2D eigenvalue weighted by molar-refractivity contribution is -0.118. The average molecular weight is 450 g/mol. The normalized spacial score (nSPS) is 11.5. The van der Waals surface area contributed by atoms with Crippen LogP contribution in [-0.4, -0.2) is 5.91 Å². The summed E-state index contributed by atoms with van der Waals surface area (Å²) in [5.41, 5.74) is 5.15. The lowest BCUT2D eigenvalue weighted by Gasteiger charge is -2.02. The van der Waals surface area contributed by atoms with Crippen molar-refractivity contribution in [1.82, 2.24) is 0 Å². The number of rotatable bonds is 27. The van der Waals surface area contributed by atoms with Gasteiger partial charge in [-0.25, -0.2) is 0 Å². The molecule has 0 aliphatic heterocycles. The van der Waals surface area contributed by atoms with E-state index >= 15 is 0 Å². The summed E-state index contributed by atoms with van der Waals surface area (Å²) in [6.07, 6.45) is 39.7. The van der Waals surface area contributed by atoms with E-state index in [1.807, 2.05) is 0 Å². The van der Waals surface area contributed by atoms with Crippen molar-refractivity contribution in [2.24, 2.45) is 5.73 Å². The quantitative estimate of drug-likeness (QED) is 0.0983. The van der Waals surface area contributed by atoms with Crippen LogP contribution in [0.25, 0.3) is 0 Å². The van der Waals surface area contributed by atoms with Crippen LogP contribution in [0.5, 0.6) is 0 Å². The summed E-state index contributed by atoms with van der Waals surface area (Å²) >= 11 is 0. The first-order valence-corrected chi connectivity index (χ1v) is 14.7. The van der Waals surface area contributed by atoms with Crippen LogP contribution in [0.3, 0.4) is 0 Å². The summed E-state index contributed by atoms with van der Waals surface area (Å²) in [7, 11) is 0. The van der Waals surface area contributed by atoms with Crippen molar-refractivity contribution in [1.29, 1.82) is 0 Å². The second-order valence-corrected chi connectivity index (χ2v) is 10.0. The Balaban J connectivity index is 3.08. The van der Waals surface area contributed by atoms with E-state index < -0.39 is 0 Å². The van der Waals surface area contributed by atoms with Crippen LogP contribution < -0.4 is 5.73 Å². The summed E-state index contributed by atoms with van der Waals surface area (Å²) in [6, 6.07) is 0. The van der Waals surface area contributed by atoms with Gasteiger partial charge in [-0.15, -0.1) is 0 Å². The van der Waals surface area contributed by atoms with E-state index in [1.54, 1.807) is 0 Å². The number of nitrogens with two attached hydrogens (primary N) is 1. The molecule has 0 aliphatic rings. The number of carbonyl (C=O) groups excluding carboxylic acids is 1. The van der Waals surface area contributed by atoms with E-state index in [2.05, 4.69) is 19.1 Å². The Morgan fingerprint density at radius 1 is 0.469 bits per heavy atom. The van der Waals surface area contributed by atoms with E-state index in [4.69, 9.17) is 5.73 Å². The van der Waals surface area contributed by atoms with Crippen LogP contribution in [0, 0.1) is 0 Å². The standard InChI is InChI=1S/C30H59NO/c1-2-3-4-5-6-7-8-9-10-11-12-13-14-15-16-17-18-19-20-21-22-23-24-25-26-27-28-29-30(31)32/h16-17H,2-15,18-29H2,1H3,(H2,31,32). The smallest absolute Gasteiger partial charge is 0.217 e. The van der Waals surface area contributed by atoms with Crippen molar-refractivity contribution in [3.8, 4) is 0 Å². The van der Waals surface area contributed by atoms with Crippen molar-refractivity contribution in [3.63, 3.8) is 0 Å². The second-order valence-electron chi connectivity index (χ2n) is 10.0. The number of carbonyl (C=O) groups is 1. The van der Waals surface area contributed by atoms with Crippen LogP contribution in [0.4, 0.5) is 0 Å². The summed E-state index contributed by atoms with van der Waals surface area (Å²) in [4.78, 5) is 10.7. The maximum absolute atomic E-state index is 10.7. The van der Waals surface area contributed by atoms with Crippen LogP contribution in [0.2, 0.25) is 0 Å². The van der Waals surface area contributed by atoms with Crippen molar-refractivity contribution in [2.75, 3.05) is 0 Å². The first-order chi connectivity index (χ1) is 15.8. The number of allylic oxidation sites excluding steroid dienone is 2. The maximum atomic E-state index is 10.7. The fourth-order valence-electron chi connectivity index (χ4n) is 4.49. The molecule has 0 spiro atoms. The number of amides is 1. The van der Waals surface area contributed by atoms with E-state index in [9.17, 15) is 4.79 Å². The molecule has 0 atom stereocenters. The van der Waals surface area contributed by atoms with Crippen LogP contribution >= 0.6 is 0 Å². The first kappa shape index (κ1) is 31.2. The van der Waals surface area contributed by atoms with Gasteiger partial charge in [0.1, 0.15) is 0 Å². The molecule has 0 heterocycles.